The van der Waals surface area contributed by atoms with Crippen molar-refractivity contribution in [2.75, 3.05) is 0 Å². The summed E-state index contributed by atoms with van der Waals surface area (Å²) in [4.78, 5) is 0. The number of nitriles is 1. The Balaban J connectivity index is 2.21. The Morgan fingerprint density at radius 2 is 2.00 bits per heavy atom. The first-order chi connectivity index (χ1) is 7.69. The summed E-state index contributed by atoms with van der Waals surface area (Å²) in [5.74, 6) is 0.846. The zero-order chi connectivity index (χ0) is 11.5. The summed E-state index contributed by atoms with van der Waals surface area (Å²) in [5, 5.41) is 8.87. The fourth-order valence-electron chi connectivity index (χ4n) is 1.95. The predicted molar refractivity (Wildman–Crippen MR) is 62.5 cm³/mol. The smallest absolute Gasteiger partial charge is 0.193 e. The van der Waals surface area contributed by atoms with E-state index in [0.29, 0.717) is 11.7 Å². The molecule has 1 aliphatic heterocycles. The third-order valence-electron chi connectivity index (χ3n) is 2.85. The van der Waals surface area contributed by atoms with Gasteiger partial charge in [0.05, 0.1) is 0 Å². The zero-order valence-electron chi connectivity index (χ0n) is 9.60. The lowest BCUT2D eigenvalue weighted by Gasteiger charge is -2.25. The quantitative estimate of drug-likeness (QED) is 0.715. The summed E-state index contributed by atoms with van der Waals surface area (Å²) in [7, 11) is 0. The highest BCUT2D eigenvalue weighted by Gasteiger charge is 2.22. The van der Waals surface area contributed by atoms with E-state index >= 15 is 0 Å². The van der Waals surface area contributed by atoms with E-state index in [9.17, 15) is 0 Å². The third-order valence-corrected chi connectivity index (χ3v) is 2.85. The summed E-state index contributed by atoms with van der Waals surface area (Å²) in [6.07, 6.45) is 2.86. The molecule has 1 aromatic rings. The van der Waals surface area contributed by atoms with E-state index in [-0.39, 0.29) is 6.10 Å². The van der Waals surface area contributed by atoms with Gasteiger partial charge in [0.1, 0.15) is 12.2 Å². The number of ether oxygens (including phenoxy) is 1. The van der Waals surface area contributed by atoms with Crippen LogP contribution in [0.4, 0.5) is 0 Å². The van der Waals surface area contributed by atoms with Crippen LogP contribution in [0.3, 0.4) is 0 Å². The molecule has 2 heteroatoms. The van der Waals surface area contributed by atoms with Crippen molar-refractivity contribution in [3.63, 3.8) is 0 Å². The molecule has 16 heavy (non-hydrogen) atoms. The molecule has 0 amide bonds. The average molecular weight is 213 g/mol. The van der Waals surface area contributed by atoms with Crippen LogP contribution in [0.2, 0.25) is 0 Å². The second-order valence-corrected chi connectivity index (χ2v) is 4.37. The molecule has 0 aromatic heterocycles. The van der Waals surface area contributed by atoms with Crippen molar-refractivity contribution < 1.29 is 4.74 Å². The van der Waals surface area contributed by atoms with Crippen LogP contribution in [0.1, 0.15) is 30.6 Å². The van der Waals surface area contributed by atoms with Crippen molar-refractivity contribution in [2.24, 2.45) is 5.92 Å². The molecule has 0 saturated carbocycles. The molecule has 1 aromatic carbocycles. The van der Waals surface area contributed by atoms with E-state index in [1.807, 2.05) is 6.08 Å². The Bertz CT molecular complexity index is 439. The van der Waals surface area contributed by atoms with Gasteiger partial charge in [-0.1, -0.05) is 36.8 Å². The van der Waals surface area contributed by atoms with E-state index in [4.69, 9.17) is 10.00 Å². The van der Waals surface area contributed by atoms with Crippen molar-refractivity contribution in [2.45, 2.75) is 26.4 Å². The first kappa shape index (κ1) is 10.8. The van der Waals surface area contributed by atoms with Gasteiger partial charge in [0.15, 0.2) is 5.76 Å². The molecule has 0 fully saturated rings. The van der Waals surface area contributed by atoms with Crippen LogP contribution in [-0.2, 0) is 4.74 Å². The van der Waals surface area contributed by atoms with Gasteiger partial charge in [-0.3, -0.25) is 0 Å². The van der Waals surface area contributed by atoms with Crippen LogP contribution in [0, 0.1) is 24.2 Å². The molecule has 2 rings (SSSR count). The Morgan fingerprint density at radius 1 is 1.31 bits per heavy atom. The summed E-state index contributed by atoms with van der Waals surface area (Å²) < 4.78 is 5.63. The number of rotatable bonds is 1. The maximum absolute atomic E-state index is 8.87. The van der Waals surface area contributed by atoms with E-state index in [1.165, 1.54) is 5.56 Å². The van der Waals surface area contributed by atoms with E-state index in [1.54, 1.807) is 0 Å². The van der Waals surface area contributed by atoms with Gasteiger partial charge in [0.25, 0.3) is 0 Å². The van der Waals surface area contributed by atoms with E-state index in [2.05, 4.69) is 44.2 Å². The molecule has 0 unspecified atom stereocenters. The summed E-state index contributed by atoms with van der Waals surface area (Å²) in [6, 6.07) is 10.4. The number of benzene rings is 1. The number of aryl methyl sites for hydroxylation is 1. The number of hydrogen-bond acceptors (Lipinski definition) is 2. The lowest BCUT2D eigenvalue weighted by Crippen LogP contribution is -2.13. The largest absolute Gasteiger partial charge is 0.476 e. The number of hydrogen-bond donors (Lipinski definition) is 0. The predicted octanol–water partition coefficient (Wildman–Crippen LogP) is 3.50. The van der Waals surface area contributed by atoms with Crippen molar-refractivity contribution in [1.82, 2.24) is 0 Å². The maximum Gasteiger partial charge on any atom is 0.193 e. The van der Waals surface area contributed by atoms with Crippen LogP contribution in [0.5, 0.6) is 0 Å². The molecule has 1 heterocycles. The summed E-state index contributed by atoms with van der Waals surface area (Å²) >= 11 is 0. The minimum atomic E-state index is 0.0234. The average Bonchev–Trinajstić information content (AvgIpc) is 2.29. The standard InChI is InChI=1S/C14H15NO/c1-10-3-5-12(6-4-10)14-8-11(2)7-13(9-15)16-14/h3-7,11,14H,8H2,1-2H3/t11-,14-/m0/s1. The minimum absolute atomic E-state index is 0.0234. The molecule has 2 nitrogen and oxygen atoms in total. The van der Waals surface area contributed by atoms with Crippen molar-refractivity contribution in [3.8, 4) is 6.07 Å². The van der Waals surface area contributed by atoms with Crippen molar-refractivity contribution >= 4 is 0 Å². The normalized spacial score (nSPS) is 24.2. The second-order valence-electron chi connectivity index (χ2n) is 4.37. The number of allylic oxidation sites excluding steroid dienone is 2. The van der Waals surface area contributed by atoms with Crippen molar-refractivity contribution in [3.05, 3.63) is 47.2 Å². The fourth-order valence-corrected chi connectivity index (χ4v) is 1.95. The minimum Gasteiger partial charge on any atom is -0.476 e. The first-order valence-corrected chi connectivity index (χ1v) is 5.54. The van der Waals surface area contributed by atoms with Gasteiger partial charge in [-0.05, 0) is 30.9 Å². The van der Waals surface area contributed by atoms with Gasteiger partial charge < -0.3 is 4.74 Å². The molecule has 0 bridgehead atoms. The molecular formula is C14H15NO. The topological polar surface area (TPSA) is 33.0 Å². The third kappa shape index (κ3) is 2.25. The fraction of sp³-hybridized carbons (Fsp3) is 0.357. The SMILES string of the molecule is Cc1ccc([C@@H]2C[C@@H](C)C=C(C#N)O2)cc1. The van der Waals surface area contributed by atoms with E-state index in [0.717, 1.165) is 12.0 Å². The van der Waals surface area contributed by atoms with Crippen molar-refractivity contribution in [1.29, 1.82) is 5.26 Å². The Morgan fingerprint density at radius 3 is 2.62 bits per heavy atom. The Kier molecular flexibility index (Phi) is 2.96. The molecule has 0 saturated heterocycles. The first-order valence-electron chi connectivity index (χ1n) is 5.54. The van der Waals surface area contributed by atoms with E-state index < -0.39 is 0 Å². The van der Waals surface area contributed by atoms with Gasteiger partial charge in [0.2, 0.25) is 0 Å². The van der Waals surface area contributed by atoms with Crippen LogP contribution >= 0.6 is 0 Å². The maximum atomic E-state index is 8.87. The molecule has 82 valence electrons. The monoisotopic (exact) mass is 213 g/mol. The summed E-state index contributed by atoms with van der Waals surface area (Å²) in [6.45, 7) is 4.18. The van der Waals surface area contributed by atoms with Crippen LogP contribution in [-0.4, -0.2) is 0 Å². The summed E-state index contributed by atoms with van der Waals surface area (Å²) in [5.41, 5.74) is 2.39. The van der Waals surface area contributed by atoms with Crippen LogP contribution in [0.25, 0.3) is 0 Å². The molecule has 0 radical (unpaired) electrons. The lowest BCUT2D eigenvalue weighted by atomic mass is 9.95. The van der Waals surface area contributed by atoms with Gasteiger partial charge >= 0.3 is 0 Å². The second kappa shape index (κ2) is 4.40. The van der Waals surface area contributed by atoms with Crippen LogP contribution in [0.15, 0.2) is 36.1 Å². The highest BCUT2D eigenvalue weighted by Crippen LogP contribution is 2.32. The van der Waals surface area contributed by atoms with Gasteiger partial charge in [-0.2, -0.15) is 5.26 Å². The van der Waals surface area contributed by atoms with Gasteiger partial charge in [-0.25, -0.2) is 0 Å². The molecular weight excluding hydrogens is 198 g/mol. The highest BCUT2D eigenvalue weighted by atomic mass is 16.5. The van der Waals surface area contributed by atoms with Gasteiger partial charge in [0, 0.05) is 0 Å². The Labute approximate surface area is 96.2 Å². The van der Waals surface area contributed by atoms with Crippen LogP contribution < -0.4 is 0 Å². The highest BCUT2D eigenvalue weighted by molar-refractivity contribution is 5.26. The molecule has 0 N–H and O–H groups in total. The zero-order valence-corrected chi connectivity index (χ0v) is 9.60. The number of nitrogens with zero attached hydrogens (tertiary/aromatic N) is 1. The molecule has 0 aliphatic carbocycles. The molecule has 1 aliphatic rings. The molecule has 2 atom stereocenters. The lowest BCUT2D eigenvalue weighted by molar-refractivity contribution is 0.0923. The molecule has 0 spiro atoms. The van der Waals surface area contributed by atoms with Gasteiger partial charge in [-0.15, -0.1) is 0 Å². The Hall–Kier alpha value is -1.75.